The molecule has 2 N–H and O–H groups in total. The summed E-state index contributed by atoms with van der Waals surface area (Å²) in [7, 11) is 0. The number of hydrogen-bond donors (Lipinski definition) is 1. The maximum Gasteiger partial charge on any atom is 0.161 e. The summed E-state index contributed by atoms with van der Waals surface area (Å²) >= 11 is 0. The Morgan fingerprint density at radius 1 is 1.12 bits per heavy atom. The highest BCUT2D eigenvalue weighted by Gasteiger charge is 2.27. The van der Waals surface area contributed by atoms with Crippen molar-refractivity contribution in [3.63, 3.8) is 0 Å². The van der Waals surface area contributed by atoms with Crippen LogP contribution in [0.15, 0.2) is 12.1 Å². The molecule has 0 saturated carbocycles. The third-order valence-corrected chi connectivity index (χ3v) is 2.71. The van der Waals surface area contributed by atoms with E-state index in [-0.39, 0.29) is 11.6 Å². The molecule has 1 fully saturated rings. The number of hydrogen-bond acceptors (Lipinski definition) is 2. The highest BCUT2D eigenvalue weighted by atomic mass is 19.2. The third kappa shape index (κ3) is 2.05. The average molecular weight is 231 g/mol. The highest BCUT2D eigenvalue weighted by Crippen LogP contribution is 2.30. The molecular formula is C11H12F3NO. The van der Waals surface area contributed by atoms with Crippen LogP contribution in [-0.4, -0.2) is 12.6 Å². The van der Waals surface area contributed by atoms with Gasteiger partial charge in [0.25, 0.3) is 0 Å². The summed E-state index contributed by atoms with van der Waals surface area (Å²) in [6.07, 6.45) is 0.787. The molecule has 1 heterocycles. The van der Waals surface area contributed by atoms with Gasteiger partial charge in [0.15, 0.2) is 11.6 Å². The van der Waals surface area contributed by atoms with E-state index in [0.717, 1.165) is 12.5 Å². The zero-order valence-electron chi connectivity index (χ0n) is 8.55. The summed E-state index contributed by atoms with van der Waals surface area (Å²) in [5, 5.41) is 0. The van der Waals surface area contributed by atoms with Crippen molar-refractivity contribution in [3.05, 3.63) is 35.1 Å². The first-order valence-corrected chi connectivity index (χ1v) is 5.11. The predicted molar refractivity (Wildman–Crippen MR) is 52.2 cm³/mol. The van der Waals surface area contributed by atoms with E-state index < -0.39 is 23.6 Å². The van der Waals surface area contributed by atoms with E-state index in [1.54, 1.807) is 0 Å². The quantitative estimate of drug-likeness (QED) is 0.752. The summed E-state index contributed by atoms with van der Waals surface area (Å²) in [4.78, 5) is 0. The monoisotopic (exact) mass is 231 g/mol. The molecule has 5 heteroatoms. The summed E-state index contributed by atoms with van der Waals surface area (Å²) in [6, 6.07) is 0.962. The summed E-state index contributed by atoms with van der Waals surface area (Å²) < 4.78 is 44.5. The fourth-order valence-electron chi connectivity index (χ4n) is 1.88. The van der Waals surface area contributed by atoms with Crippen molar-refractivity contribution in [2.24, 2.45) is 5.73 Å². The molecule has 1 aromatic carbocycles. The molecule has 0 amide bonds. The Bertz CT molecular complexity index is 397. The van der Waals surface area contributed by atoms with Crippen LogP contribution in [0.4, 0.5) is 13.2 Å². The van der Waals surface area contributed by atoms with E-state index in [0.29, 0.717) is 19.1 Å². The van der Waals surface area contributed by atoms with E-state index in [1.165, 1.54) is 0 Å². The number of benzene rings is 1. The molecule has 0 aliphatic carbocycles. The summed E-state index contributed by atoms with van der Waals surface area (Å²) in [5.74, 6) is -3.11. The molecule has 1 aliphatic heterocycles. The maximum atomic E-state index is 13.4. The Hall–Kier alpha value is -1.07. The van der Waals surface area contributed by atoms with Gasteiger partial charge in [0.2, 0.25) is 0 Å². The van der Waals surface area contributed by atoms with Crippen LogP contribution in [0.1, 0.15) is 24.5 Å². The van der Waals surface area contributed by atoms with Crippen LogP contribution in [-0.2, 0) is 4.74 Å². The van der Waals surface area contributed by atoms with Crippen molar-refractivity contribution >= 4 is 0 Å². The molecule has 88 valence electrons. The molecule has 1 saturated heterocycles. The Morgan fingerprint density at radius 3 is 2.50 bits per heavy atom. The molecule has 1 unspecified atom stereocenters. The van der Waals surface area contributed by atoms with Crippen molar-refractivity contribution < 1.29 is 17.9 Å². The van der Waals surface area contributed by atoms with Crippen LogP contribution in [0.3, 0.4) is 0 Å². The van der Waals surface area contributed by atoms with Gasteiger partial charge in [0, 0.05) is 24.3 Å². The third-order valence-electron chi connectivity index (χ3n) is 2.71. The lowest BCUT2D eigenvalue weighted by Crippen LogP contribution is -2.35. The minimum atomic E-state index is -1.20. The molecule has 0 aromatic heterocycles. The lowest BCUT2D eigenvalue weighted by atomic mass is 9.96. The van der Waals surface area contributed by atoms with Gasteiger partial charge in [-0.1, -0.05) is 0 Å². The van der Waals surface area contributed by atoms with Crippen molar-refractivity contribution in [3.8, 4) is 0 Å². The zero-order chi connectivity index (χ0) is 11.7. The zero-order valence-corrected chi connectivity index (χ0v) is 8.55. The van der Waals surface area contributed by atoms with Crippen molar-refractivity contribution in [1.29, 1.82) is 0 Å². The molecule has 1 aromatic rings. The van der Waals surface area contributed by atoms with Gasteiger partial charge in [-0.15, -0.1) is 0 Å². The first-order valence-electron chi connectivity index (χ1n) is 5.11. The Morgan fingerprint density at radius 2 is 1.81 bits per heavy atom. The molecule has 2 atom stereocenters. The minimum Gasteiger partial charge on any atom is -0.372 e. The molecule has 0 radical (unpaired) electrons. The van der Waals surface area contributed by atoms with Crippen molar-refractivity contribution in [1.82, 2.24) is 0 Å². The van der Waals surface area contributed by atoms with Crippen molar-refractivity contribution in [2.75, 3.05) is 6.61 Å². The molecular weight excluding hydrogens is 219 g/mol. The first kappa shape index (κ1) is 11.4. The van der Waals surface area contributed by atoms with Gasteiger partial charge in [0.05, 0.1) is 0 Å². The second-order valence-corrected chi connectivity index (χ2v) is 3.89. The Labute approximate surface area is 91.2 Å². The van der Waals surface area contributed by atoms with Gasteiger partial charge in [0.1, 0.15) is 11.9 Å². The van der Waals surface area contributed by atoms with Gasteiger partial charge in [-0.25, -0.2) is 13.2 Å². The average Bonchev–Trinajstić information content (AvgIpc) is 2.25. The van der Waals surface area contributed by atoms with E-state index in [9.17, 15) is 13.2 Å². The van der Waals surface area contributed by atoms with Crippen LogP contribution in [0.2, 0.25) is 0 Å². The standard InChI is InChI=1S/C11H12F3NO/c12-7-5-9(14)8(13)4-6(7)11-10(15)2-1-3-16-11/h4-5,10-11H,1-3,15H2/t10-,11?/m0/s1. The summed E-state index contributed by atoms with van der Waals surface area (Å²) in [5.41, 5.74) is 5.75. The fraction of sp³-hybridized carbons (Fsp3) is 0.455. The molecule has 2 nitrogen and oxygen atoms in total. The smallest absolute Gasteiger partial charge is 0.161 e. The molecule has 0 spiro atoms. The lowest BCUT2D eigenvalue weighted by Gasteiger charge is -2.29. The SMILES string of the molecule is N[C@H]1CCCOC1c1cc(F)c(F)cc1F. The molecule has 0 bridgehead atoms. The first-order chi connectivity index (χ1) is 7.59. The number of ether oxygens (including phenoxy) is 1. The minimum absolute atomic E-state index is 0.00824. The van der Waals surface area contributed by atoms with Gasteiger partial charge < -0.3 is 10.5 Å². The molecule has 1 aliphatic rings. The van der Waals surface area contributed by atoms with E-state index in [4.69, 9.17) is 10.5 Å². The number of halogens is 3. The van der Waals surface area contributed by atoms with Gasteiger partial charge in [-0.2, -0.15) is 0 Å². The predicted octanol–water partition coefficient (Wildman–Crippen LogP) is 2.28. The Balaban J connectivity index is 2.35. The van der Waals surface area contributed by atoms with E-state index in [2.05, 4.69) is 0 Å². The normalized spacial score (nSPS) is 25.8. The van der Waals surface area contributed by atoms with Crippen LogP contribution in [0, 0.1) is 17.5 Å². The van der Waals surface area contributed by atoms with Crippen LogP contribution in [0.5, 0.6) is 0 Å². The second-order valence-electron chi connectivity index (χ2n) is 3.89. The highest BCUT2D eigenvalue weighted by molar-refractivity contribution is 5.24. The van der Waals surface area contributed by atoms with Crippen LogP contribution < -0.4 is 5.73 Å². The number of nitrogens with two attached hydrogens (primary N) is 1. The second kappa shape index (κ2) is 4.43. The van der Waals surface area contributed by atoms with E-state index in [1.807, 2.05) is 0 Å². The van der Waals surface area contributed by atoms with Crippen LogP contribution in [0.25, 0.3) is 0 Å². The topological polar surface area (TPSA) is 35.2 Å². The number of rotatable bonds is 1. The largest absolute Gasteiger partial charge is 0.372 e. The fourth-order valence-corrected chi connectivity index (χ4v) is 1.88. The lowest BCUT2D eigenvalue weighted by molar-refractivity contribution is -0.00215. The van der Waals surface area contributed by atoms with E-state index >= 15 is 0 Å². The molecule has 16 heavy (non-hydrogen) atoms. The van der Waals surface area contributed by atoms with Gasteiger partial charge in [-0.05, 0) is 18.9 Å². The maximum absolute atomic E-state index is 13.4. The van der Waals surface area contributed by atoms with Gasteiger partial charge >= 0.3 is 0 Å². The molecule has 2 rings (SSSR count). The van der Waals surface area contributed by atoms with Crippen molar-refractivity contribution in [2.45, 2.75) is 25.0 Å². The summed E-state index contributed by atoms with van der Waals surface area (Å²) in [6.45, 7) is 0.455. The Kier molecular flexibility index (Phi) is 3.16. The van der Waals surface area contributed by atoms with Gasteiger partial charge in [-0.3, -0.25) is 0 Å². The van der Waals surface area contributed by atoms with Crippen LogP contribution >= 0.6 is 0 Å².